The van der Waals surface area contributed by atoms with Crippen molar-refractivity contribution in [2.24, 2.45) is 0 Å². The van der Waals surface area contributed by atoms with Gasteiger partial charge in [0.25, 0.3) is 5.92 Å². The number of rotatable bonds is 20. The lowest BCUT2D eigenvalue weighted by Gasteiger charge is -2.21. The molecule has 2 rings (SSSR count). The van der Waals surface area contributed by atoms with Gasteiger partial charge in [0.2, 0.25) is 6.23 Å². The van der Waals surface area contributed by atoms with Crippen molar-refractivity contribution < 1.29 is 31.7 Å². The number of alkyl halides is 2. The van der Waals surface area contributed by atoms with Crippen molar-refractivity contribution in [3.8, 4) is 0 Å². The van der Waals surface area contributed by atoms with Gasteiger partial charge in [-0.15, -0.1) is 0 Å². The van der Waals surface area contributed by atoms with Gasteiger partial charge >= 0.3 is 13.5 Å². The fourth-order valence-corrected chi connectivity index (χ4v) is 5.39. The number of ether oxygens (including phenoxy) is 1. The average molecular weight is 552 g/mol. The molecule has 1 saturated heterocycles. The molecule has 0 aliphatic carbocycles. The zero-order valence-electron chi connectivity index (χ0n) is 22.2. The normalized spacial score (nSPS) is 19.5. The maximum absolute atomic E-state index is 14.7. The van der Waals surface area contributed by atoms with Crippen LogP contribution in [0, 0.1) is 0 Å². The van der Waals surface area contributed by atoms with Crippen LogP contribution in [0.15, 0.2) is 17.1 Å². The second kappa shape index (κ2) is 16.5. The van der Waals surface area contributed by atoms with Crippen molar-refractivity contribution in [2.45, 2.75) is 116 Å². The van der Waals surface area contributed by atoms with E-state index in [0.29, 0.717) is 17.4 Å². The van der Waals surface area contributed by atoms with Crippen LogP contribution < -0.4 is 11.4 Å². The van der Waals surface area contributed by atoms with Gasteiger partial charge in [0.1, 0.15) is 5.82 Å². The molecule has 1 aromatic heterocycles. The summed E-state index contributed by atoms with van der Waals surface area (Å²) in [6.45, 7) is 4.25. The summed E-state index contributed by atoms with van der Waals surface area (Å²) in [6, 6.07) is 1.24. The maximum Gasteiger partial charge on any atom is 0.474 e. The average Bonchev–Trinajstić information content (AvgIpc) is 3.16. The number of unbranched alkanes of at least 4 members (excludes halogenated alkanes) is 10. The predicted octanol–water partition coefficient (Wildman–Crippen LogP) is 6.63. The van der Waals surface area contributed by atoms with Gasteiger partial charge in [-0.05, 0) is 18.9 Å². The lowest BCUT2D eigenvalue weighted by atomic mass is 10.1. The largest absolute Gasteiger partial charge is 0.474 e. The third-order valence-electron chi connectivity index (χ3n) is 6.20. The fraction of sp³-hybridized carbons (Fsp3) is 0.840. The van der Waals surface area contributed by atoms with E-state index in [-0.39, 0.29) is 19.0 Å². The second-order valence-electron chi connectivity index (χ2n) is 9.56. The number of phosphoric ester groups is 1. The maximum atomic E-state index is 14.7. The van der Waals surface area contributed by atoms with Crippen LogP contribution in [0.2, 0.25) is 0 Å². The van der Waals surface area contributed by atoms with Gasteiger partial charge in [-0.25, -0.2) is 18.1 Å². The number of nitrogens with two attached hydrogens (primary N) is 1. The monoisotopic (exact) mass is 551 g/mol. The van der Waals surface area contributed by atoms with Gasteiger partial charge in [-0.3, -0.25) is 18.1 Å². The second-order valence-corrected chi connectivity index (χ2v) is 11.2. The van der Waals surface area contributed by atoms with Crippen molar-refractivity contribution >= 4 is 13.6 Å². The summed E-state index contributed by atoms with van der Waals surface area (Å²) in [6.07, 6.45) is 9.73. The summed E-state index contributed by atoms with van der Waals surface area (Å²) >= 11 is 0. The van der Waals surface area contributed by atoms with E-state index in [1.54, 1.807) is 0 Å². The highest BCUT2D eigenvalue weighted by Gasteiger charge is 2.52. The molecule has 9 nitrogen and oxygen atoms in total. The van der Waals surface area contributed by atoms with E-state index in [0.717, 1.165) is 57.6 Å². The van der Waals surface area contributed by atoms with Gasteiger partial charge in [-0.2, -0.15) is 4.98 Å². The Balaban J connectivity index is 1.90. The molecular formula is C25H44F2N3O6P. The van der Waals surface area contributed by atoms with E-state index >= 15 is 0 Å². The van der Waals surface area contributed by atoms with E-state index in [1.807, 2.05) is 0 Å². The Bertz CT molecular complexity index is 866. The third kappa shape index (κ3) is 11.5. The van der Waals surface area contributed by atoms with Crippen molar-refractivity contribution in [3.05, 3.63) is 22.7 Å². The first-order valence-corrected chi connectivity index (χ1v) is 15.1. The highest BCUT2D eigenvalue weighted by Crippen LogP contribution is 2.51. The molecule has 0 radical (unpaired) electrons. The fourth-order valence-electron chi connectivity index (χ4n) is 4.11. The zero-order valence-corrected chi connectivity index (χ0v) is 23.1. The Morgan fingerprint density at radius 1 is 1.00 bits per heavy atom. The molecule has 0 aromatic carbocycles. The Hall–Kier alpha value is -1.39. The molecule has 0 unspecified atom stereocenters. The standard InChI is InChI=1S/C25H44F2N3O6P/c1-3-5-7-9-11-13-17-33-37(32,34-18-14-12-10-8-6-4-2)35-20-21-19-25(26,27)23(36-21)30-16-15-22(28)29-24(30)31/h15-16,21,23H,3-14,17-20H2,1-2H3,(H2,28,29,31)/t21-,23+/m0/s1. The number of halogens is 2. The molecule has 1 aliphatic rings. The van der Waals surface area contributed by atoms with Gasteiger partial charge in [0, 0.05) is 12.6 Å². The van der Waals surface area contributed by atoms with Gasteiger partial charge in [0.05, 0.1) is 25.9 Å². The van der Waals surface area contributed by atoms with E-state index in [9.17, 15) is 18.1 Å². The molecular weight excluding hydrogens is 507 g/mol. The molecule has 2 heterocycles. The topological polar surface area (TPSA) is 115 Å². The number of nitrogens with zero attached hydrogens (tertiary/aromatic N) is 2. The molecule has 12 heteroatoms. The van der Waals surface area contributed by atoms with Crippen LogP contribution in [0.4, 0.5) is 14.6 Å². The van der Waals surface area contributed by atoms with E-state index in [2.05, 4.69) is 18.8 Å². The van der Waals surface area contributed by atoms with Crippen molar-refractivity contribution in [2.75, 3.05) is 25.6 Å². The Labute approximate surface area is 219 Å². The lowest BCUT2D eigenvalue weighted by molar-refractivity contribution is -0.120. The minimum Gasteiger partial charge on any atom is -0.383 e. The van der Waals surface area contributed by atoms with Gasteiger partial charge in [0.15, 0.2) is 0 Å². The van der Waals surface area contributed by atoms with Crippen molar-refractivity contribution in [1.82, 2.24) is 9.55 Å². The van der Waals surface area contributed by atoms with Crippen LogP contribution in [-0.4, -0.2) is 41.4 Å². The summed E-state index contributed by atoms with van der Waals surface area (Å²) < 4.78 is 65.2. The molecule has 1 fully saturated rings. The van der Waals surface area contributed by atoms with E-state index in [1.165, 1.54) is 18.9 Å². The van der Waals surface area contributed by atoms with Crippen molar-refractivity contribution in [1.29, 1.82) is 0 Å². The molecule has 1 aliphatic heterocycles. The third-order valence-corrected chi connectivity index (χ3v) is 7.66. The number of hydrogen-bond acceptors (Lipinski definition) is 8. The Morgan fingerprint density at radius 3 is 2.08 bits per heavy atom. The summed E-state index contributed by atoms with van der Waals surface area (Å²) in [5.74, 6) is -3.44. The number of nitrogen functional groups attached to an aromatic ring is 1. The molecule has 37 heavy (non-hydrogen) atoms. The van der Waals surface area contributed by atoms with Crippen LogP contribution >= 0.6 is 7.82 Å². The Kier molecular flexibility index (Phi) is 14.2. The molecule has 0 amide bonds. The minimum absolute atomic E-state index is 0.0755. The molecule has 0 spiro atoms. The predicted molar refractivity (Wildman–Crippen MR) is 139 cm³/mol. The van der Waals surface area contributed by atoms with E-state index in [4.69, 9.17) is 24.0 Å². The first-order chi connectivity index (χ1) is 17.7. The van der Waals surface area contributed by atoms with Crippen LogP contribution in [0.3, 0.4) is 0 Å². The molecule has 2 atom stereocenters. The van der Waals surface area contributed by atoms with Crippen molar-refractivity contribution in [3.63, 3.8) is 0 Å². The van der Waals surface area contributed by atoms with Crippen LogP contribution in [0.1, 0.15) is 104 Å². The quantitative estimate of drug-likeness (QED) is 0.142. The molecule has 0 bridgehead atoms. The first-order valence-electron chi connectivity index (χ1n) is 13.6. The summed E-state index contributed by atoms with van der Waals surface area (Å²) in [7, 11) is -3.97. The molecule has 0 saturated carbocycles. The number of hydrogen-bond donors (Lipinski definition) is 1. The minimum atomic E-state index is -3.97. The van der Waals surface area contributed by atoms with Crippen LogP contribution in [0.25, 0.3) is 0 Å². The lowest BCUT2D eigenvalue weighted by Crippen LogP contribution is -2.35. The summed E-state index contributed by atoms with van der Waals surface area (Å²) in [5, 5.41) is 0. The SMILES string of the molecule is CCCCCCCCOP(=O)(OCCCCCCCC)OC[C@@H]1CC(F)(F)[C@H](n2ccc(N)nc2=O)O1. The number of anilines is 1. The first kappa shape index (κ1) is 31.8. The molecule has 1 aromatic rings. The Morgan fingerprint density at radius 2 is 1.54 bits per heavy atom. The smallest absolute Gasteiger partial charge is 0.383 e. The highest BCUT2D eigenvalue weighted by atomic mass is 31.2. The zero-order chi connectivity index (χ0) is 27.2. The molecule has 214 valence electrons. The van der Waals surface area contributed by atoms with Crippen LogP contribution in [-0.2, 0) is 22.9 Å². The van der Waals surface area contributed by atoms with E-state index < -0.39 is 44.8 Å². The van der Waals surface area contributed by atoms with Gasteiger partial charge in [-0.1, -0.05) is 78.1 Å². The summed E-state index contributed by atoms with van der Waals surface area (Å²) in [5.41, 5.74) is 4.50. The number of phosphoric acid groups is 1. The molecule has 2 N–H and O–H groups in total. The number of aromatic nitrogens is 2. The summed E-state index contributed by atoms with van der Waals surface area (Å²) in [4.78, 5) is 15.5. The highest BCUT2D eigenvalue weighted by molar-refractivity contribution is 7.48. The van der Waals surface area contributed by atoms with Gasteiger partial charge < -0.3 is 10.5 Å². The van der Waals surface area contributed by atoms with Crippen LogP contribution in [0.5, 0.6) is 0 Å².